The van der Waals surface area contributed by atoms with E-state index in [1.54, 1.807) is 18.2 Å². The Morgan fingerprint density at radius 1 is 1.06 bits per heavy atom. The molecule has 2 heterocycles. The Balaban J connectivity index is 1.60. The van der Waals surface area contributed by atoms with Crippen molar-refractivity contribution in [1.82, 2.24) is 15.1 Å². The zero-order valence-corrected chi connectivity index (χ0v) is 19.4. The molecular weight excluding hydrogens is 450 g/mol. The van der Waals surface area contributed by atoms with E-state index < -0.39 is 0 Å². The van der Waals surface area contributed by atoms with Crippen LogP contribution in [0.2, 0.25) is 5.02 Å². The van der Waals surface area contributed by atoms with E-state index in [4.69, 9.17) is 16.3 Å². The minimum Gasteiger partial charge on any atom is -0.507 e. The molecule has 172 valence electrons. The van der Waals surface area contributed by atoms with Crippen molar-refractivity contribution in [2.24, 2.45) is 0 Å². The smallest absolute Gasteiger partial charge is 0.273 e. The molecule has 0 aliphatic carbocycles. The van der Waals surface area contributed by atoms with Gasteiger partial charge in [-0.05, 0) is 53.9 Å². The fraction of sp³-hybridized carbons (Fsp3) is 0.185. The Kier molecular flexibility index (Phi) is 5.99. The number of para-hydroxylation sites is 1. The molecule has 1 unspecified atom stereocenters. The second-order valence-corrected chi connectivity index (χ2v) is 8.69. The van der Waals surface area contributed by atoms with Crippen LogP contribution in [0, 0.1) is 0 Å². The van der Waals surface area contributed by atoms with Crippen molar-refractivity contribution in [1.29, 1.82) is 0 Å². The molecule has 1 aliphatic rings. The molecule has 1 aliphatic heterocycles. The van der Waals surface area contributed by atoms with Crippen molar-refractivity contribution < 1.29 is 14.6 Å². The molecule has 2 N–H and O–H groups in total. The number of hydrogen-bond donors (Lipinski definition) is 2. The third-order valence-corrected chi connectivity index (χ3v) is 6.21. The lowest BCUT2D eigenvalue weighted by Gasteiger charge is -2.27. The minimum absolute atomic E-state index is 0.113. The SMILES string of the molecule is CCCOc1ccc(C2c3c(-c4ccccc4O)n[nH]c3C(=O)N2Cc2ccc(Cl)cc2)cc1. The highest BCUT2D eigenvalue weighted by Crippen LogP contribution is 2.45. The van der Waals surface area contributed by atoms with Crippen molar-refractivity contribution in [3.8, 4) is 22.8 Å². The number of aromatic amines is 1. The average molecular weight is 474 g/mol. The lowest BCUT2D eigenvalue weighted by molar-refractivity contribution is 0.0730. The number of fused-ring (bicyclic) bond motifs is 1. The number of hydrogen-bond acceptors (Lipinski definition) is 4. The van der Waals surface area contributed by atoms with Crippen LogP contribution in [0.15, 0.2) is 72.8 Å². The van der Waals surface area contributed by atoms with Gasteiger partial charge in [0.1, 0.15) is 22.9 Å². The summed E-state index contributed by atoms with van der Waals surface area (Å²) in [5.41, 5.74) is 4.23. The molecule has 1 atom stereocenters. The molecule has 5 rings (SSSR count). The van der Waals surface area contributed by atoms with Crippen LogP contribution in [0.1, 0.15) is 46.6 Å². The molecule has 3 aromatic carbocycles. The van der Waals surface area contributed by atoms with E-state index in [0.717, 1.165) is 28.9 Å². The Morgan fingerprint density at radius 2 is 1.79 bits per heavy atom. The average Bonchev–Trinajstić information content (AvgIpc) is 3.39. The number of ether oxygens (including phenoxy) is 1. The normalized spacial score (nSPS) is 14.9. The van der Waals surface area contributed by atoms with Gasteiger partial charge in [-0.1, -0.05) is 54.9 Å². The highest BCUT2D eigenvalue weighted by molar-refractivity contribution is 6.30. The van der Waals surface area contributed by atoms with Crippen LogP contribution in [-0.2, 0) is 6.54 Å². The molecule has 34 heavy (non-hydrogen) atoms. The van der Waals surface area contributed by atoms with E-state index in [0.29, 0.717) is 35.1 Å². The van der Waals surface area contributed by atoms with Crippen LogP contribution >= 0.6 is 11.6 Å². The second kappa shape index (κ2) is 9.23. The summed E-state index contributed by atoms with van der Waals surface area (Å²) in [6.07, 6.45) is 0.927. The number of halogens is 1. The van der Waals surface area contributed by atoms with Gasteiger partial charge in [0.05, 0.1) is 12.6 Å². The second-order valence-electron chi connectivity index (χ2n) is 8.26. The summed E-state index contributed by atoms with van der Waals surface area (Å²) in [6, 6.07) is 21.9. The van der Waals surface area contributed by atoms with Crippen molar-refractivity contribution in [2.75, 3.05) is 6.61 Å². The van der Waals surface area contributed by atoms with Gasteiger partial charge in [-0.15, -0.1) is 0 Å². The summed E-state index contributed by atoms with van der Waals surface area (Å²) >= 11 is 6.06. The van der Waals surface area contributed by atoms with Gasteiger partial charge >= 0.3 is 0 Å². The van der Waals surface area contributed by atoms with Crippen molar-refractivity contribution >= 4 is 17.5 Å². The summed E-state index contributed by atoms with van der Waals surface area (Å²) in [5.74, 6) is 0.755. The number of carbonyl (C=O) groups excluding carboxylic acids is 1. The Morgan fingerprint density at radius 3 is 2.50 bits per heavy atom. The molecular formula is C27H24ClN3O3. The molecule has 1 amide bonds. The summed E-state index contributed by atoms with van der Waals surface area (Å²) in [7, 11) is 0. The largest absolute Gasteiger partial charge is 0.507 e. The third kappa shape index (κ3) is 4.01. The summed E-state index contributed by atoms with van der Waals surface area (Å²) in [4.78, 5) is 15.3. The molecule has 0 spiro atoms. The van der Waals surface area contributed by atoms with Crippen molar-refractivity contribution in [3.05, 3.63) is 100 Å². The molecule has 0 bridgehead atoms. The van der Waals surface area contributed by atoms with Crippen LogP contribution < -0.4 is 4.74 Å². The number of aromatic hydroxyl groups is 1. The van der Waals surface area contributed by atoms with Crippen LogP contribution in [0.3, 0.4) is 0 Å². The van der Waals surface area contributed by atoms with E-state index in [1.165, 1.54) is 0 Å². The van der Waals surface area contributed by atoms with Gasteiger partial charge in [-0.2, -0.15) is 5.10 Å². The lowest BCUT2D eigenvalue weighted by Crippen LogP contribution is -2.29. The number of amides is 1. The molecule has 0 fully saturated rings. The molecule has 0 radical (unpaired) electrons. The predicted molar refractivity (Wildman–Crippen MR) is 131 cm³/mol. The monoisotopic (exact) mass is 473 g/mol. The van der Waals surface area contributed by atoms with E-state index in [-0.39, 0.29) is 17.7 Å². The Hall–Kier alpha value is -3.77. The minimum atomic E-state index is -0.383. The van der Waals surface area contributed by atoms with Crippen LogP contribution in [0.25, 0.3) is 11.3 Å². The first-order valence-corrected chi connectivity index (χ1v) is 11.6. The zero-order valence-electron chi connectivity index (χ0n) is 18.7. The number of H-pyrrole nitrogens is 1. The Bertz CT molecular complexity index is 1320. The number of benzene rings is 3. The maximum Gasteiger partial charge on any atom is 0.273 e. The first-order valence-electron chi connectivity index (χ1n) is 11.2. The highest BCUT2D eigenvalue weighted by atomic mass is 35.5. The number of nitrogens with zero attached hydrogens (tertiary/aromatic N) is 2. The fourth-order valence-corrected chi connectivity index (χ4v) is 4.46. The van der Waals surface area contributed by atoms with Gasteiger partial charge in [0, 0.05) is 22.7 Å². The first-order chi connectivity index (χ1) is 16.6. The van der Waals surface area contributed by atoms with E-state index in [2.05, 4.69) is 17.1 Å². The maximum absolute atomic E-state index is 13.5. The number of carbonyl (C=O) groups is 1. The molecule has 0 saturated carbocycles. The lowest BCUT2D eigenvalue weighted by atomic mass is 9.95. The summed E-state index contributed by atoms with van der Waals surface area (Å²) in [5, 5.41) is 18.5. The van der Waals surface area contributed by atoms with Gasteiger partial charge in [0.25, 0.3) is 5.91 Å². The number of phenolic OH excluding ortho intramolecular Hbond substituents is 1. The summed E-state index contributed by atoms with van der Waals surface area (Å²) in [6.45, 7) is 3.11. The number of phenols is 1. The topological polar surface area (TPSA) is 78.5 Å². The van der Waals surface area contributed by atoms with Crippen LogP contribution in [-0.4, -0.2) is 32.7 Å². The quantitative estimate of drug-likeness (QED) is 0.346. The van der Waals surface area contributed by atoms with Crippen molar-refractivity contribution in [2.45, 2.75) is 25.9 Å². The van der Waals surface area contributed by atoms with Gasteiger partial charge < -0.3 is 14.7 Å². The van der Waals surface area contributed by atoms with Gasteiger partial charge in [-0.3, -0.25) is 9.89 Å². The molecule has 6 nitrogen and oxygen atoms in total. The Labute approximate surface area is 202 Å². The first kappa shape index (κ1) is 22.0. The highest BCUT2D eigenvalue weighted by Gasteiger charge is 2.42. The summed E-state index contributed by atoms with van der Waals surface area (Å²) < 4.78 is 5.75. The molecule has 0 saturated heterocycles. The van der Waals surface area contributed by atoms with E-state index >= 15 is 0 Å². The molecule has 4 aromatic rings. The van der Waals surface area contributed by atoms with Gasteiger partial charge in [0.2, 0.25) is 0 Å². The predicted octanol–water partition coefficient (Wildman–Crippen LogP) is 5.97. The van der Waals surface area contributed by atoms with Crippen LogP contribution in [0.4, 0.5) is 0 Å². The van der Waals surface area contributed by atoms with Gasteiger partial charge in [-0.25, -0.2) is 0 Å². The number of aromatic nitrogens is 2. The number of nitrogens with one attached hydrogen (secondary N) is 1. The number of rotatable bonds is 7. The third-order valence-electron chi connectivity index (χ3n) is 5.96. The maximum atomic E-state index is 13.5. The molecule has 1 aromatic heterocycles. The van der Waals surface area contributed by atoms with E-state index in [1.807, 2.05) is 59.5 Å². The van der Waals surface area contributed by atoms with Crippen molar-refractivity contribution in [3.63, 3.8) is 0 Å². The van der Waals surface area contributed by atoms with Gasteiger partial charge in [0.15, 0.2) is 0 Å². The van der Waals surface area contributed by atoms with E-state index in [9.17, 15) is 9.90 Å². The zero-order chi connectivity index (χ0) is 23.7. The van der Waals surface area contributed by atoms with Crippen LogP contribution in [0.5, 0.6) is 11.5 Å². The fourth-order valence-electron chi connectivity index (χ4n) is 4.34. The molecule has 7 heteroatoms. The standard InChI is InChI=1S/C27H24ClN3O3/c1-2-15-34-20-13-9-18(10-14-20)26-23-24(21-5-3-4-6-22(21)32)29-30-25(23)27(33)31(26)16-17-7-11-19(28)12-8-17/h3-14,26,32H,2,15-16H2,1H3,(H,29,30).